The summed E-state index contributed by atoms with van der Waals surface area (Å²) in [4.78, 5) is 0. The topological polar surface area (TPSA) is 47.3 Å². The number of hydrogen-bond acceptors (Lipinski definition) is 3. The summed E-state index contributed by atoms with van der Waals surface area (Å²) in [5.74, 6) is 6.63. The molecule has 0 aromatic carbocycles. The minimum absolute atomic E-state index is 0.224. The second-order valence-electron chi connectivity index (χ2n) is 4.52. The Morgan fingerprint density at radius 3 is 2.81 bits per heavy atom. The van der Waals surface area contributed by atoms with Crippen LogP contribution in [0.3, 0.4) is 0 Å². The monoisotopic (exact) mass is 226 g/mol. The van der Waals surface area contributed by atoms with Crippen LogP contribution in [0.15, 0.2) is 11.8 Å². The summed E-state index contributed by atoms with van der Waals surface area (Å²) in [6.45, 7) is 3.09. The second kappa shape index (κ2) is 8.59. The molecule has 1 rings (SSSR count). The first-order valence-corrected chi connectivity index (χ1v) is 6.67. The summed E-state index contributed by atoms with van der Waals surface area (Å²) in [5.41, 5.74) is 2.87. The van der Waals surface area contributed by atoms with Gasteiger partial charge in [0.1, 0.15) is 5.76 Å². The van der Waals surface area contributed by atoms with E-state index in [1.807, 2.05) is 0 Å². The largest absolute Gasteiger partial charge is 0.497 e. The van der Waals surface area contributed by atoms with E-state index in [1.54, 1.807) is 0 Å². The summed E-state index contributed by atoms with van der Waals surface area (Å²) < 4.78 is 5.63. The molecule has 94 valence electrons. The molecule has 1 aliphatic rings. The van der Waals surface area contributed by atoms with Crippen LogP contribution in [0.2, 0.25) is 0 Å². The predicted molar refractivity (Wildman–Crippen MR) is 67.8 cm³/mol. The molecular weight excluding hydrogens is 200 g/mol. The van der Waals surface area contributed by atoms with Crippen molar-refractivity contribution in [3.63, 3.8) is 0 Å². The van der Waals surface area contributed by atoms with Gasteiger partial charge in [0.05, 0.1) is 12.6 Å². The standard InChI is InChI=1S/C13H26N2O/c1-2-3-4-5-6-9-12(15-14)13-10-7-8-11-16-13/h10,12,15H,2-9,11,14H2,1H3. The summed E-state index contributed by atoms with van der Waals surface area (Å²) in [6, 6.07) is 0.224. The number of allylic oxidation sites excluding steroid dienone is 1. The van der Waals surface area contributed by atoms with Gasteiger partial charge in [0, 0.05) is 0 Å². The van der Waals surface area contributed by atoms with Crippen LogP contribution in [0.4, 0.5) is 0 Å². The van der Waals surface area contributed by atoms with Crippen molar-refractivity contribution in [3.8, 4) is 0 Å². The number of nitrogens with two attached hydrogens (primary N) is 1. The first-order valence-electron chi connectivity index (χ1n) is 6.67. The van der Waals surface area contributed by atoms with Crippen LogP contribution in [-0.4, -0.2) is 12.6 Å². The highest BCUT2D eigenvalue weighted by molar-refractivity contribution is 5.04. The molecule has 0 aromatic heterocycles. The Bertz CT molecular complexity index is 204. The summed E-state index contributed by atoms with van der Waals surface area (Å²) in [6.07, 6.45) is 12.1. The van der Waals surface area contributed by atoms with Gasteiger partial charge in [-0.15, -0.1) is 0 Å². The molecule has 3 N–H and O–H groups in total. The lowest BCUT2D eigenvalue weighted by Gasteiger charge is -2.23. The maximum Gasteiger partial charge on any atom is 0.110 e. The average Bonchev–Trinajstić information content (AvgIpc) is 2.35. The first-order chi connectivity index (χ1) is 7.88. The zero-order valence-electron chi connectivity index (χ0n) is 10.5. The molecule has 3 heteroatoms. The molecule has 0 aromatic rings. The third kappa shape index (κ3) is 4.99. The third-order valence-corrected chi connectivity index (χ3v) is 3.10. The number of nitrogens with one attached hydrogen (secondary N) is 1. The molecule has 0 saturated heterocycles. The van der Waals surface area contributed by atoms with Crippen LogP contribution in [0.25, 0.3) is 0 Å². The zero-order valence-corrected chi connectivity index (χ0v) is 10.5. The fourth-order valence-electron chi connectivity index (χ4n) is 2.08. The number of rotatable bonds is 8. The van der Waals surface area contributed by atoms with Crippen molar-refractivity contribution in [2.24, 2.45) is 5.84 Å². The highest BCUT2D eigenvalue weighted by Gasteiger charge is 2.15. The zero-order chi connectivity index (χ0) is 11.6. The molecule has 0 bridgehead atoms. The van der Waals surface area contributed by atoms with Gasteiger partial charge in [-0.2, -0.15) is 0 Å². The van der Waals surface area contributed by atoms with Crippen LogP contribution in [0.1, 0.15) is 58.3 Å². The van der Waals surface area contributed by atoms with Gasteiger partial charge in [-0.1, -0.05) is 39.0 Å². The lowest BCUT2D eigenvalue weighted by Crippen LogP contribution is -2.38. The van der Waals surface area contributed by atoms with E-state index in [-0.39, 0.29) is 6.04 Å². The van der Waals surface area contributed by atoms with E-state index in [1.165, 1.54) is 32.1 Å². The quantitative estimate of drug-likeness (QED) is 0.380. The van der Waals surface area contributed by atoms with Crippen LogP contribution in [-0.2, 0) is 4.74 Å². The van der Waals surface area contributed by atoms with Gasteiger partial charge in [0.2, 0.25) is 0 Å². The van der Waals surface area contributed by atoms with E-state index in [9.17, 15) is 0 Å². The Kier molecular flexibility index (Phi) is 7.26. The Balaban J connectivity index is 2.18. The fourth-order valence-corrected chi connectivity index (χ4v) is 2.08. The van der Waals surface area contributed by atoms with Crippen molar-refractivity contribution in [2.75, 3.05) is 6.61 Å². The Morgan fingerprint density at radius 2 is 2.19 bits per heavy atom. The molecule has 1 aliphatic heterocycles. The van der Waals surface area contributed by atoms with Crippen molar-refractivity contribution >= 4 is 0 Å². The number of ether oxygens (including phenoxy) is 1. The van der Waals surface area contributed by atoms with Crippen LogP contribution < -0.4 is 11.3 Å². The van der Waals surface area contributed by atoms with Crippen molar-refractivity contribution in [1.29, 1.82) is 0 Å². The molecule has 0 radical (unpaired) electrons. The van der Waals surface area contributed by atoms with Gasteiger partial charge < -0.3 is 4.74 Å². The van der Waals surface area contributed by atoms with Crippen molar-refractivity contribution in [3.05, 3.63) is 11.8 Å². The highest BCUT2D eigenvalue weighted by Crippen LogP contribution is 2.17. The average molecular weight is 226 g/mol. The Morgan fingerprint density at radius 1 is 1.38 bits per heavy atom. The lowest BCUT2D eigenvalue weighted by molar-refractivity contribution is 0.164. The highest BCUT2D eigenvalue weighted by atomic mass is 16.5. The maximum atomic E-state index is 5.63. The normalized spacial score (nSPS) is 17.8. The molecule has 1 heterocycles. The molecule has 0 spiro atoms. The third-order valence-electron chi connectivity index (χ3n) is 3.10. The van der Waals surface area contributed by atoms with Crippen molar-refractivity contribution in [2.45, 2.75) is 64.3 Å². The molecule has 0 fully saturated rings. The molecule has 1 atom stereocenters. The van der Waals surface area contributed by atoms with Gasteiger partial charge in [-0.25, -0.2) is 5.43 Å². The Hall–Kier alpha value is -0.540. The van der Waals surface area contributed by atoms with E-state index < -0.39 is 0 Å². The van der Waals surface area contributed by atoms with E-state index in [0.717, 1.165) is 31.6 Å². The predicted octanol–water partition coefficient (Wildman–Crippen LogP) is 2.87. The van der Waals surface area contributed by atoms with Gasteiger partial charge in [-0.3, -0.25) is 5.84 Å². The van der Waals surface area contributed by atoms with Gasteiger partial charge in [-0.05, 0) is 25.3 Å². The number of hydrogen-bond donors (Lipinski definition) is 2. The van der Waals surface area contributed by atoms with Gasteiger partial charge in [0.15, 0.2) is 0 Å². The Labute approximate surface area is 99.4 Å². The molecule has 16 heavy (non-hydrogen) atoms. The fraction of sp³-hybridized carbons (Fsp3) is 0.846. The summed E-state index contributed by atoms with van der Waals surface area (Å²) in [5, 5.41) is 0. The smallest absolute Gasteiger partial charge is 0.110 e. The van der Waals surface area contributed by atoms with E-state index in [4.69, 9.17) is 10.6 Å². The molecule has 3 nitrogen and oxygen atoms in total. The van der Waals surface area contributed by atoms with Crippen LogP contribution >= 0.6 is 0 Å². The maximum absolute atomic E-state index is 5.63. The summed E-state index contributed by atoms with van der Waals surface area (Å²) >= 11 is 0. The van der Waals surface area contributed by atoms with Crippen molar-refractivity contribution < 1.29 is 4.74 Å². The SMILES string of the molecule is CCCCCCCC(NN)C1=CCCCO1. The van der Waals surface area contributed by atoms with Crippen LogP contribution in [0.5, 0.6) is 0 Å². The first kappa shape index (κ1) is 13.5. The molecule has 0 saturated carbocycles. The van der Waals surface area contributed by atoms with E-state index in [0.29, 0.717) is 0 Å². The summed E-state index contributed by atoms with van der Waals surface area (Å²) in [7, 11) is 0. The van der Waals surface area contributed by atoms with E-state index in [2.05, 4.69) is 18.4 Å². The van der Waals surface area contributed by atoms with Crippen molar-refractivity contribution in [1.82, 2.24) is 5.43 Å². The molecular formula is C13H26N2O. The van der Waals surface area contributed by atoms with Crippen LogP contribution in [0, 0.1) is 0 Å². The van der Waals surface area contributed by atoms with Gasteiger partial charge in [0.25, 0.3) is 0 Å². The van der Waals surface area contributed by atoms with Gasteiger partial charge >= 0.3 is 0 Å². The number of hydrazine groups is 1. The molecule has 0 aliphatic carbocycles. The lowest BCUT2D eigenvalue weighted by atomic mass is 10.0. The molecule has 0 amide bonds. The number of unbranched alkanes of at least 4 members (excludes halogenated alkanes) is 4. The molecule has 1 unspecified atom stereocenters. The minimum atomic E-state index is 0.224. The second-order valence-corrected chi connectivity index (χ2v) is 4.52. The van der Waals surface area contributed by atoms with E-state index >= 15 is 0 Å². The minimum Gasteiger partial charge on any atom is -0.497 e.